The summed E-state index contributed by atoms with van der Waals surface area (Å²) < 4.78 is 15.1. The van der Waals surface area contributed by atoms with Crippen molar-refractivity contribution in [1.82, 2.24) is 25.4 Å². The molecule has 0 bridgehead atoms. The molecule has 1 saturated heterocycles. The van der Waals surface area contributed by atoms with Crippen LogP contribution in [-0.4, -0.2) is 44.4 Å². The van der Waals surface area contributed by atoms with Gasteiger partial charge in [-0.25, -0.2) is 9.18 Å². The minimum atomic E-state index is -0.541. The Morgan fingerprint density at radius 2 is 1.97 bits per heavy atom. The molecule has 4 amide bonds. The fourth-order valence-corrected chi connectivity index (χ4v) is 4.04. The fourth-order valence-electron chi connectivity index (χ4n) is 3.27. The largest absolute Gasteiger partial charge is 0.334 e. The van der Waals surface area contributed by atoms with Gasteiger partial charge in [-0.15, -0.1) is 10.2 Å². The van der Waals surface area contributed by atoms with Crippen LogP contribution in [0.2, 0.25) is 0 Å². The second-order valence-corrected chi connectivity index (χ2v) is 7.99. The van der Waals surface area contributed by atoms with Crippen molar-refractivity contribution in [1.29, 1.82) is 0 Å². The summed E-state index contributed by atoms with van der Waals surface area (Å²) in [6.45, 7) is 0. The van der Waals surface area contributed by atoms with Crippen LogP contribution in [0.3, 0.4) is 0 Å². The number of anilines is 1. The number of imide groups is 1. The summed E-state index contributed by atoms with van der Waals surface area (Å²) in [5.41, 5.74) is 1.15. The molecule has 0 saturated carbocycles. The van der Waals surface area contributed by atoms with E-state index in [4.69, 9.17) is 0 Å². The number of aromatic nitrogens is 3. The van der Waals surface area contributed by atoms with E-state index in [0.29, 0.717) is 16.7 Å². The highest BCUT2D eigenvalue weighted by Gasteiger charge is 2.27. The molecule has 3 N–H and O–H groups in total. The third kappa shape index (κ3) is 5.30. The second-order valence-electron chi connectivity index (χ2n) is 7.04. The third-order valence-corrected chi connectivity index (χ3v) is 5.53. The van der Waals surface area contributed by atoms with Crippen LogP contribution >= 0.6 is 11.8 Å². The number of urea groups is 1. The average molecular weight is 454 g/mol. The molecule has 9 nitrogen and oxygen atoms in total. The highest BCUT2D eigenvalue weighted by atomic mass is 32.2. The zero-order chi connectivity index (χ0) is 22.5. The number of carbonyl (C=O) groups is 3. The molecule has 2 heterocycles. The van der Waals surface area contributed by atoms with E-state index in [0.717, 1.165) is 5.69 Å². The van der Waals surface area contributed by atoms with Crippen LogP contribution in [0, 0.1) is 5.82 Å². The van der Waals surface area contributed by atoms with Crippen molar-refractivity contribution in [2.75, 3.05) is 11.1 Å². The number of thioether (sulfide) groups is 1. The number of hydrogen-bond donors (Lipinski definition) is 3. The topological polar surface area (TPSA) is 118 Å². The van der Waals surface area contributed by atoms with Gasteiger partial charge in [0.1, 0.15) is 11.6 Å². The lowest BCUT2D eigenvalue weighted by Gasteiger charge is -2.23. The van der Waals surface area contributed by atoms with Gasteiger partial charge in [0.05, 0.1) is 5.75 Å². The molecule has 1 atom stereocenters. The molecular formula is C21H19FN6O3S. The van der Waals surface area contributed by atoms with Crippen LogP contribution in [-0.2, 0) is 16.0 Å². The predicted molar refractivity (Wildman–Crippen MR) is 116 cm³/mol. The van der Waals surface area contributed by atoms with Gasteiger partial charge in [0.25, 0.3) is 0 Å². The second kappa shape index (κ2) is 9.60. The van der Waals surface area contributed by atoms with Crippen LogP contribution in [0.15, 0.2) is 59.8 Å². The Morgan fingerprint density at radius 3 is 2.72 bits per heavy atom. The maximum absolute atomic E-state index is 13.3. The summed E-state index contributed by atoms with van der Waals surface area (Å²) in [6, 6.07) is 14.0. The van der Waals surface area contributed by atoms with Crippen molar-refractivity contribution >= 4 is 35.3 Å². The molecule has 0 spiro atoms. The van der Waals surface area contributed by atoms with Crippen molar-refractivity contribution in [2.24, 2.45) is 0 Å². The molecule has 1 unspecified atom stereocenters. The molecular weight excluding hydrogens is 435 g/mol. The molecule has 32 heavy (non-hydrogen) atoms. The lowest BCUT2D eigenvalue weighted by atomic mass is 10.1. The summed E-state index contributed by atoms with van der Waals surface area (Å²) in [5, 5.41) is 16.5. The smallest absolute Gasteiger partial charge is 0.321 e. The monoisotopic (exact) mass is 454 g/mol. The first-order chi connectivity index (χ1) is 15.5. The van der Waals surface area contributed by atoms with Crippen LogP contribution in [0.5, 0.6) is 0 Å². The lowest BCUT2D eigenvalue weighted by Crippen LogP contribution is -2.53. The van der Waals surface area contributed by atoms with E-state index in [-0.39, 0.29) is 30.4 Å². The molecule has 1 aromatic heterocycles. The first-order valence-corrected chi connectivity index (χ1v) is 10.7. The number of nitrogens with zero attached hydrogens (tertiary/aromatic N) is 3. The van der Waals surface area contributed by atoms with E-state index in [1.807, 2.05) is 30.3 Å². The minimum absolute atomic E-state index is 0.0318. The van der Waals surface area contributed by atoms with E-state index in [1.54, 1.807) is 10.6 Å². The summed E-state index contributed by atoms with van der Waals surface area (Å²) in [4.78, 5) is 35.7. The maximum atomic E-state index is 13.3. The van der Waals surface area contributed by atoms with Gasteiger partial charge in [-0.2, -0.15) is 0 Å². The molecule has 2 aromatic carbocycles. The van der Waals surface area contributed by atoms with Crippen LogP contribution in [0.4, 0.5) is 14.9 Å². The Hall–Kier alpha value is -3.73. The van der Waals surface area contributed by atoms with E-state index in [9.17, 15) is 18.8 Å². The van der Waals surface area contributed by atoms with E-state index in [1.165, 1.54) is 30.0 Å². The highest BCUT2D eigenvalue weighted by Crippen LogP contribution is 2.23. The van der Waals surface area contributed by atoms with Crippen LogP contribution < -0.4 is 16.0 Å². The van der Waals surface area contributed by atoms with E-state index < -0.39 is 17.9 Å². The average Bonchev–Trinajstić information content (AvgIpc) is 3.14. The normalized spacial score (nSPS) is 15.7. The summed E-state index contributed by atoms with van der Waals surface area (Å²) >= 11 is 1.17. The Morgan fingerprint density at radius 1 is 1.16 bits per heavy atom. The molecule has 1 fully saturated rings. The first kappa shape index (κ1) is 21.5. The molecule has 1 aliphatic rings. The van der Waals surface area contributed by atoms with Gasteiger partial charge < -0.3 is 10.6 Å². The van der Waals surface area contributed by atoms with E-state index in [2.05, 4.69) is 26.1 Å². The number of carbonyl (C=O) groups excluding carboxylic acids is 3. The van der Waals surface area contributed by atoms with E-state index >= 15 is 0 Å². The summed E-state index contributed by atoms with van der Waals surface area (Å²) in [5.74, 6) is -0.532. The summed E-state index contributed by atoms with van der Waals surface area (Å²) in [7, 11) is 0. The zero-order valence-corrected chi connectivity index (χ0v) is 17.6. The SMILES string of the molecule is O=C1CC(Cc2nnc(SCC(=O)Nc3cccc(F)c3)n2-c2ccccc2)NC(=O)N1. The van der Waals surface area contributed by atoms with Crippen molar-refractivity contribution in [3.05, 3.63) is 66.2 Å². The minimum Gasteiger partial charge on any atom is -0.334 e. The third-order valence-electron chi connectivity index (χ3n) is 4.60. The van der Waals surface area contributed by atoms with Crippen molar-refractivity contribution in [3.8, 4) is 5.69 Å². The standard InChI is InChI=1S/C21H19FN6O3S/c22-13-5-4-6-14(9-13)23-19(30)12-32-21-27-26-17(28(21)16-7-2-1-3-8-16)10-15-11-18(29)25-20(31)24-15/h1-9,15H,10-12H2,(H,23,30)(H2,24,25,29,31). The van der Waals surface area contributed by atoms with Gasteiger partial charge in [0, 0.05) is 30.3 Å². The van der Waals surface area contributed by atoms with Gasteiger partial charge in [-0.05, 0) is 30.3 Å². The van der Waals surface area contributed by atoms with Gasteiger partial charge in [-0.1, -0.05) is 36.0 Å². The van der Waals surface area contributed by atoms with Gasteiger partial charge in [0.2, 0.25) is 11.8 Å². The van der Waals surface area contributed by atoms with Crippen molar-refractivity contribution in [2.45, 2.75) is 24.0 Å². The molecule has 11 heteroatoms. The highest BCUT2D eigenvalue weighted by molar-refractivity contribution is 7.99. The molecule has 0 aliphatic carbocycles. The number of nitrogens with one attached hydrogen (secondary N) is 3. The Bertz CT molecular complexity index is 1140. The molecule has 164 valence electrons. The number of halogens is 1. The number of hydrogen-bond acceptors (Lipinski definition) is 6. The maximum Gasteiger partial charge on any atom is 0.321 e. The molecule has 3 aromatic rings. The molecule has 4 rings (SSSR count). The van der Waals surface area contributed by atoms with Crippen LogP contribution in [0.1, 0.15) is 12.2 Å². The van der Waals surface area contributed by atoms with Gasteiger partial charge >= 0.3 is 6.03 Å². The van der Waals surface area contributed by atoms with Crippen molar-refractivity contribution in [3.63, 3.8) is 0 Å². The van der Waals surface area contributed by atoms with Gasteiger partial charge in [-0.3, -0.25) is 19.5 Å². The lowest BCUT2D eigenvalue weighted by molar-refractivity contribution is -0.121. The Labute approximate surface area is 186 Å². The predicted octanol–water partition coefficient (Wildman–Crippen LogP) is 2.28. The Kier molecular flexibility index (Phi) is 6.45. The number of amides is 4. The molecule has 1 aliphatic heterocycles. The van der Waals surface area contributed by atoms with Crippen LogP contribution in [0.25, 0.3) is 5.69 Å². The Balaban J connectivity index is 1.51. The molecule has 0 radical (unpaired) electrons. The zero-order valence-electron chi connectivity index (χ0n) is 16.7. The fraction of sp³-hybridized carbons (Fsp3) is 0.190. The van der Waals surface area contributed by atoms with Gasteiger partial charge in [0.15, 0.2) is 5.16 Å². The number of benzene rings is 2. The number of para-hydroxylation sites is 1. The number of rotatable bonds is 7. The van der Waals surface area contributed by atoms with Crippen molar-refractivity contribution < 1.29 is 18.8 Å². The first-order valence-electron chi connectivity index (χ1n) is 9.76. The summed E-state index contributed by atoms with van der Waals surface area (Å²) in [6.07, 6.45) is 0.420. The quantitative estimate of drug-likeness (QED) is 0.472.